The van der Waals surface area contributed by atoms with Gasteiger partial charge in [0.15, 0.2) is 0 Å². The molecule has 38 heavy (non-hydrogen) atoms. The van der Waals surface area contributed by atoms with E-state index in [1.54, 1.807) is 0 Å². The van der Waals surface area contributed by atoms with Gasteiger partial charge in [-0.25, -0.2) is 13.2 Å². The number of unbranched alkanes of at least 4 members (excludes halogenated alkanes) is 2. The van der Waals surface area contributed by atoms with E-state index >= 15 is 4.39 Å². The Morgan fingerprint density at radius 3 is 2.34 bits per heavy atom. The summed E-state index contributed by atoms with van der Waals surface area (Å²) in [5.74, 6) is -0.581. The zero-order valence-electron chi connectivity index (χ0n) is 19.7. The topological polar surface area (TPSA) is 96.5 Å². The number of nitrogens with one attached hydrogen (secondary N) is 2. The van der Waals surface area contributed by atoms with Crippen molar-refractivity contribution in [3.05, 3.63) is 70.3 Å². The van der Waals surface area contributed by atoms with Crippen LogP contribution in [0.3, 0.4) is 0 Å². The van der Waals surface area contributed by atoms with Crippen molar-refractivity contribution in [2.45, 2.75) is 38.3 Å². The summed E-state index contributed by atoms with van der Waals surface area (Å²) >= 11 is 0. The molecule has 7 nitrogen and oxygen atoms in total. The van der Waals surface area contributed by atoms with E-state index in [2.05, 4.69) is 25.6 Å². The summed E-state index contributed by atoms with van der Waals surface area (Å²) in [6, 6.07) is 10.7. The summed E-state index contributed by atoms with van der Waals surface area (Å²) in [5, 5.41) is 13.4. The fourth-order valence-corrected chi connectivity index (χ4v) is 3.83. The Bertz CT molecular complexity index is 1420. The molecular formula is C25H21F6N5O2. The maximum absolute atomic E-state index is 15.0. The fraction of sp³-hybridized carbons (Fsp3) is 0.280. The first-order chi connectivity index (χ1) is 18.1. The molecule has 0 saturated carbocycles. The van der Waals surface area contributed by atoms with E-state index in [0.717, 1.165) is 6.07 Å². The summed E-state index contributed by atoms with van der Waals surface area (Å²) in [7, 11) is 0. The Morgan fingerprint density at radius 1 is 0.947 bits per heavy atom. The third kappa shape index (κ3) is 6.58. The van der Waals surface area contributed by atoms with Gasteiger partial charge in [0.1, 0.15) is 11.6 Å². The normalized spacial score (nSPS) is 11.8. The molecule has 2 aromatic heterocycles. The van der Waals surface area contributed by atoms with Gasteiger partial charge in [-0.1, -0.05) is 24.3 Å². The van der Waals surface area contributed by atoms with Gasteiger partial charge in [0, 0.05) is 29.2 Å². The fourth-order valence-electron chi connectivity index (χ4n) is 3.83. The van der Waals surface area contributed by atoms with Crippen LogP contribution < -0.4 is 10.3 Å². The van der Waals surface area contributed by atoms with Crippen LogP contribution in [0.5, 0.6) is 5.75 Å². The van der Waals surface area contributed by atoms with Crippen LogP contribution in [0.4, 0.5) is 26.3 Å². The molecule has 0 spiro atoms. The average Bonchev–Trinajstić information content (AvgIpc) is 3.39. The number of pyridine rings is 1. The first-order valence-corrected chi connectivity index (χ1v) is 11.5. The van der Waals surface area contributed by atoms with Gasteiger partial charge in [-0.05, 0) is 48.2 Å². The molecule has 4 rings (SSSR count). The van der Waals surface area contributed by atoms with Gasteiger partial charge in [0.25, 0.3) is 12.0 Å². The van der Waals surface area contributed by atoms with Crippen LogP contribution in [0.2, 0.25) is 0 Å². The zero-order chi connectivity index (χ0) is 27.3. The van der Waals surface area contributed by atoms with E-state index < -0.39 is 30.4 Å². The highest BCUT2D eigenvalue weighted by molar-refractivity contribution is 5.83. The van der Waals surface area contributed by atoms with E-state index in [-0.39, 0.29) is 52.5 Å². The van der Waals surface area contributed by atoms with Crippen LogP contribution in [-0.2, 0) is 0 Å². The number of aromatic nitrogens is 5. The average molecular weight is 537 g/mol. The quantitative estimate of drug-likeness (QED) is 0.179. The number of aromatic amines is 2. The molecule has 2 heterocycles. The van der Waals surface area contributed by atoms with Crippen LogP contribution in [0.25, 0.3) is 33.8 Å². The van der Waals surface area contributed by atoms with Crippen molar-refractivity contribution in [1.82, 2.24) is 25.6 Å². The van der Waals surface area contributed by atoms with Gasteiger partial charge >= 0.3 is 6.18 Å². The van der Waals surface area contributed by atoms with Crippen molar-refractivity contribution in [3.63, 3.8) is 0 Å². The van der Waals surface area contributed by atoms with Crippen LogP contribution in [-0.4, -0.2) is 38.4 Å². The van der Waals surface area contributed by atoms with Gasteiger partial charge < -0.3 is 9.72 Å². The molecule has 0 amide bonds. The van der Waals surface area contributed by atoms with Gasteiger partial charge in [0.2, 0.25) is 5.82 Å². The first kappa shape index (κ1) is 26.9. The summed E-state index contributed by atoms with van der Waals surface area (Å²) in [6.07, 6.45) is -7.06. The Balaban J connectivity index is 1.59. The van der Waals surface area contributed by atoms with Crippen molar-refractivity contribution in [2.75, 3.05) is 6.61 Å². The number of hydrogen-bond donors (Lipinski definition) is 2. The Morgan fingerprint density at radius 2 is 1.71 bits per heavy atom. The highest BCUT2D eigenvalue weighted by Crippen LogP contribution is 2.33. The predicted octanol–water partition coefficient (Wildman–Crippen LogP) is 6.47. The summed E-state index contributed by atoms with van der Waals surface area (Å²) in [6.45, 7) is 0.117. The number of benzene rings is 2. The predicted molar refractivity (Wildman–Crippen MR) is 126 cm³/mol. The molecule has 0 unspecified atom stereocenters. The van der Waals surface area contributed by atoms with E-state index in [1.165, 1.54) is 42.5 Å². The van der Waals surface area contributed by atoms with Crippen LogP contribution >= 0.6 is 0 Å². The molecule has 0 aliphatic carbocycles. The largest absolute Gasteiger partial charge is 0.493 e. The molecule has 0 atom stereocenters. The number of nitrogens with zero attached hydrogens (tertiary/aromatic N) is 3. The van der Waals surface area contributed by atoms with Crippen LogP contribution in [0, 0.1) is 5.82 Å². The number of tetrazole rings is 1. The third-order valence-electron chi connectivity index (χ3n) is 5.68. The molecule has 4 aromatic rings. The van der Waals surface area contributed by atoms with E-state index in [9.17, 15) is 26.7 Å². The number of ether oxygens (including phenoxy) is 1. The standard InChI is InChI=1S/C25H21F6N5O2/c26-19-12-16(38-11-3-1-2-10-25(29,30)31)8-9-17(19)20-13-18(14-4-6-15(7-5-14)22(27)28)21(24(37)32-20)23-33-35-36-34-23/h4-9,12-13,22H,1-3,10-11H2,(H,32,37)(H,33,34,35,36). The van der Waals surface area contributed by atoms with Crippen LogP contribution in [0.15, 0.2) is 53.3 Å². The second kappa shape index (κ2) is 11.5. The minimum Gasteiger partial charge on any atom is -0.493 e. The monoisotopic (exact) mass is 537 g/mol. The molecule has 0 saturated heterocycles. The Hall–Kier alpha value is -4.16. The van der Waals surface area contributed by atoms with Crippen molar-refractivity contribution in [3.8, 4) is 39.5 Å². The van der Waals surface area contributed by atoms with Crippen molar-refractivity contribution in [1.29, 1.82) is 0 Å². The second-order valence-electron chi connectivity index (χ2n) is 8.37. The lowest BCUT2D eigenvalue weighted by atomic mass is 9.97. The number of hydrogen-bond acceptors (Lipinski definition) is 5. The molecule has 0 bridgehead atoms. The molecule has 200 valence electrons. The van der Waals surface area contributed by atoms with Crippen molar-refractivity contribution >= 4 is 0 Å². The van der Waals surface area contributed by atoms with E-state index in [1.807, 2.05) is 0 Å². The molecule has 2 aromatic carbocycles. The third-order valence-corrected chi connectivity index (χ3v) is 5.68. The van der Waals surface area contributed by atoms with Gasteiger partial charge in [-0.3, -0.25) is 4.79 Å². The smallest absolute Gasteiger partial charge is 0.389 e. The molecule has 0 fully saturated rings. The Kier molecular flexibility index (Phi) is 8.13. The minimum absolute atomic E-state index is 0.0122. The number of alkyl halides is 5. The molecular weight excluding hydrogens is 516 g/mol. The summed E-state index contributed by atoms with van der Waals surface area (Å²) < 4.78 is 83.1. The lowest BCUT2D eigenvalue weighted by Gasteiger charge is -2.12. The van der Waals surface area contributed by atoms with Gasteiger partial charge in [-0.2, -0.15) is 18.4 Å². The van der Waals surface area contributed by atoms with Crippen molar-refractivity contribution < 1.29 is 31.1 Å². The summed E-state index contributed by atoms with van der Waals surface area (Å²) in [5.41, 5.74) is -0.0522. The van der Waals surface area contributed by atoms with Gasteiger partial charge in [-0.15, -0.1) is 10.2 Å². The van der Waals surface area contributed by atoms with Gasteiger partial charge in [0.05, 0.1) is 17.9 Å². The summed E-state index contributed by atoms with van der Waals surface area (Å²) in [4.78, 5) is 15.6. The van der Waals surface area contributed by atoms with Crippen molar-refractivity contribution in [2.24, 2.45) is 0 Å². The molecule has 0 radical (unpaired) electrons. The van der Waals surface area contributed by atoms with Crippen LogP contribution in [0.1, 0.15) is 37.7 Å². The maximum atomic E-state index is 15.0. The zero-order valence-corrected chi connectivity index (χ0v) is 19.7. The molecule has 2 N–H and O–H groups in total. The molecule has 0 aliphatic heterocycles. The first-order valence-electron chi connectivity index (χ1n) is 11.5. The lowest BCUT2D eigenvalue weighted by molar-refractivity contribution is -0.135. The number of halogens is 6. The highest BCUT2D eigenvalue weighted by Gasteiger charge is 2.25. The number of rotatable bonds is 10. The minimum atomic E-state index is -4.19. The lowest BCUT2D eigenvalue weighted by Crippen LogP contribution is -2.13. The second-order valence-corrected chi connectivity index (χ2v) is 8.37. The maximum Gasteiger partial charge on any atom is 0.389 e. The number of H-pyrrole nitrogens is 2. The molecule has 13 heteroatoms. The SMILES string of the molecule is O=c1[nH]c(-c2ccc(OCCCCCC(F)(F)F)cc2F)cc(-c2ccc(C(F)F)cc2)c1-c1nn[nH]n1. The molecule has 0 aliphatic rings. The van der Waals surface area contributed by atoms with E-state index in [0.29, 0.717) is 18.4 Å². The Labute approximate surface area is 211 Å². The van der Waals surface area contributed by atoms with E-state index in [4.69, 9.17) is 4.74 Å². The highest BCUT2D eigenvalue weighted by atomic mass is 19.4.